The second-order valence-corrected chi connectivity index (χ2v) is 9.77. The van der Waals surface area contributed by atoms with Gasteiger partial charge < -0.3 is 4.90 Å². The zero-order valence-electron chi connectivity index (χ0n) is 14.0. The molecule has 0 aromatic heterocycles. The Morgan fingerprint density at radius 2 is 1.88 bits per heavy atom. The number of nitrogens with zero attached hydrogens (tertiary/aromatic N) is 3. The smallest absolute Gasteiger partial charge is 0.222 e. The molecule has 132 valence electrons. The van der Waals surface area contributed by atoms with Gasteiger partial charge in [0, 0.05) is 38.8 Å². The molecule has 0 radical (unpaired) electrons. The minimum absolute atomic E-state index is 0.0206. The summed E-state index contributed by atoms with van der Waals surface area (Å²) in [5.41, 5.74) is -0.452. The fourth-order valence-corrected chi connectivity index (χ4v) is 6.14. The van der Waals surface area contributed by atoms with Crippen LogP contribution in [0.1, 0.15) is 57.8 Å². The van der Waals surface area contributed by atoms with Crippen LogP contribution in [0.4, 0.5) is 0 Å². The molecular formula is C17H25N3O3S. The van der Waals surface area contributed by atoms with E-state index < -0.39 is 20.2 Å². The highest BCUT2D eigenvalue weighted by Crippen LogP contribution is 2.40. The van der Waals surface area contributed by atoms with Gasteiger partial charge in [-0.3, -0.25) is 4.79 Å². The number of sulfone groups is 1. The Kier molecular flexibility index (Phi) is 4.69. The van der Waals surface area contributed by atoms with Crippen molar-refractivity contribution < 1.29 is 13.2 Å². The lowest BCUT2D eigenvalue weighted by molar-refractivity contribution is -0.132. The minimum atomic E-state index is -3.11. The molecule has 1 aliphatic carbocycles. The van der Waals surface area contributed by atoms with E-state index in [2.05, 4.69) is 16.1 Å². The Bertz CT molecular complexity index is 666. The molecule has 2 aliphatic heterocycles. The monoisotopic (exact) mass is 351 g/mol. The summed E-state index contributed by atoms with van der Waals surface area (Å²) in [4.78, 5) is 14.3. The lowest BCUT2D eigenvalue weighted by Crippen LogP contribution is -2.58. The minimum Gasteiger partial charge on any atom is -0.340 e. The third kappa shape index (κ3) is 3.34. The normalized spacial score (nSPS) is 26.0. The number of rotatable bonds is 5. The van der Waals surface area contributed by atoms with Gasteiger partial charge in [-0.1, -0.05) is 19.3 Å². The van der Waals surface area contributed by atoms with Crippen molar-refractivity contribution in [3.05, 3.63) is 0 Å². The van der Waals surface area contributed by atoms with Crippen LogP contribution >= 0.6 is 0 Å². The van der Waals surface area contributed by atoms with Gasteiger partial charge >= 0.3 is 0 Å². The Hall–Kier alpha value is -1.42. The van der Waals surface area contributed by atoms with Crippen LogP contribution in [-0.4, -0.2) is 48.5 Å². The highest BCUT2D eigenvalue weighted by molar-refractivity contribution is 7.92. The fraction of sp³-hybridized carbons (Fsp3) is 0.824. The van der Waals surface area contributed by atoms with Gasteiger partial charge in [-0.05, 0) is 12.8 Å². The summed E-state index contributed by atoms with van der Waals surface area (Å²) in [5.74, 6) is 2.69. The molecule has 1 saturated carbocycles. The van der Waals surface area contributed by atoms with E-state index in [0.717, 1.165) is 19.3 Å². The number of hydrogen-bond donors (Lipinski definition) is 0. The topological polar surface area (TPSA) is 79.2 Å². The van der Waals surface area contributed by atoms with Crippen molar-refractivity contribution in [2.45, 2.75) is 68.2 Å². The Morgan fingerprint density at radius 3 is 2.50 bits per heavy atom. The molecule has 1 saturated heterocycles. The molecule has 0 aromatic carbocycles. The number of amides is 1. The van der Waals surface area contributed by atoms with E-state index in [0.29, 0.717) is 51.6 Å². The lowest BCUT2D eigenvalue weighted by Gasteiger charge is -2.44. The first kappa shape index (κ1) is 17.4. The average Bonchev–Trinajstić information content (AvgIpc) is 3.35. The van der Waals surface area contributed by atoms with Crippen molar-refractivity contribution >= 4 is 15.7 Å². The molecule has 1 amide bonds. The molecule has 3 rings (SSSR count). The molecule has 0 aromatic rings. The van der Waals surface area contributed by atoms with E-state index in [1.54, 1.807) is 4.90 Å². The van der Waals surface area contributed by atoms with Gasteiger partial charge in [-0.15, -0.1) is 12.3 Å². The van der Waals surface area contributed by atoms with Crippen molar-refractivity contribution in [1.29, 1.82) is 0 Å². The first-order valence-corrected chi connectivity index (χ1v) is 10.4. The summed E-state index contributed by atoms with van der Waals surface area (Å²) < 4.78 is 24.5. The van der Waals surface area contributed by atoms with Crippen molar-refractivity contribution in [1.82, 2.24) is 4.90 Å². The van der Waals surface area contributed by atoms with E-state index in [4.69, 9.17) is 6.42 Å². The van der Waals surface area contributed by atoms with Crippen molar-refractivity contribution in [2.75, 3.05) is 18.8 Å². The zero-order chi connectivity index (χ0) is 17.3. The van der Waals surface area contributed by atoms with Crippen LogP contribution in [0.2, 0.25) is 0 Å². The van der Waals surface area contributed by atoms with Gasteiger partial charge in [0.1, 0.15) is 0 Å². The molecule has 0 unspecified atom stereocenters. The fourth-order valence-electron chi connectivity index (χ4n) is 3.98. The van der Waals surface area contributed by atoms with E-state index in [1.165, 1.54) is 0 Å². The summed E-state index contributed by atoms with van der Waals surface area (Å²) in [7, 11) is -3.11. The molecule has 7 heteroatoms. The lowest BCUT2D eigenvalue weighted by atomic mass is 9.87. The predicted molar refractivity (Wildman–Crippen MR) is 91.1 cm³/mol. The Balaban J connectivity index is 1.59. The summed E-state index contributed by atoms with van der Waals surface area (Å²) in [6.07, 6.45) is 11.8. The third-order valence-electron chi connectivity index (χ3n) is 5.68. The van der Waals surface area contributed by atoms with Crippen LogP contribution in [0.5, 0.6) is 0 Å². The maximum atomic E-state index is 12.6. The Morgan fingerprint density at radius 1 is 1.17 bits per heavy atom. The first-order chi connectivity index (χ1) is 11.4. The number of terminal acetylenes is 1. The molecule has 2 heterocycles. The molecular weight excluding hydrogens is 326 g/mol. The molecule has 24 heavy (non-hydrogen) atoms. The quantitative estimate of drug-likeness (QED) is 0.713. The van der Waals surface area contributed by atoms with Crippen molar-refractivity contribution in [2.24, 2.45) is 10.2 Å². The molecule has 3 aliphatic rings. The van der Waals surface area contributed by atoms with Crippen LogP contribution in [0.25, 0.3) is 0 Å². The SMILES string of the molecule is C#CCCC1(CCC(=O)N2CCS(=O)(=O)C3(CCCCC3)C2)N=N1. The van der Waals surface area contributed by atoms with Crippen LogP contribution in [-0.2, 0) is 14.6 Å². The molecule has 1 spiro atoms. The molecule has 2 fully saturated rings. The van der Waals surface area contributed by atoms with Crippen LogP contribution < -0.4 is 0 Å². The van der Waals surface area contributed by atoms with Gasteiger partial charge in [0.2, 0.25) is 5.91 Å². The first-order valence-electron chi connectivity index (χ1n) is 8.80. The summed E-state index contributed by atoms with van der Waals surface area (Å²) in [6, 6.07) is 0. The second-order valence-electron chi connectivity index (χ2n) is 7.26. The number of carbonyl (C=O) groups excluding carboxylic acids is 1. The molecule has 0 atom stereocenters. The molecule has 0 N–H and O–H groups in total. The highest BCUT2D eigenvalue weighted by Gasteiger charge is 2.49. The summed E-state index contributed by atoms with van der Waals surface area (Å²) >= 11 is 0. The van der Waals surface area contributed by atoms with Gasteiger partial charge in [0.15, 0.2) is 15.5 Å². The van der Waals surface area contributed by atoms with E-state index in [9.17, 15) is 13.2 Å². The number of carbonyl (C=O) groups is 1. The van der Waals surface area contributed by atoms with E-state index in [1.807, 2.05) is 0 Å². The van der Waals surface area contributed by atoms with Crippen LogP contribution in [0, 0.1) is 12.3 Å². The van der Waals surface area contributed by atoms with Crippen LogP contribution in [0.3, 0.4) is 0 Å². The van der Waals surface area contributed by atoms with E-state index in [-0.39, 0.29) is 11.7 Å². The third-order valence-corrected chi connectivity index (χ3v) is 8.25. The standard InChI is InChI=1S/C17H25N3O3S/c1-2-3-10-17(18-19-17)11-7-15(21)20-12-13-24(22,23)16(14-20)8-5-4-6-9-16/h1H,3-14H2. The maximum absolute atomic E-state index is 12.6. The average molecular weight is 351 g/mol. The highest BCUT2D eigenvalue weighted by atomic mass is 32.2. The molecule has 6 nitrogen and oxygen atoms in total. The van der Waals surface area contributed by atoms with Gasteiger partial charge in [0.25, 0.3) is 0 Å². The summed E-state index contributed by atoms with van der Waals surface area (Å²) in [5, 5.41) is 8.12. The number of hydrogen-bond acceptors (Lipinski definition) is 5. The van der Waals surface area contributed by atoms with Crippen molar-refractivity contribution in [3.63, 3.8) is 0 Å². The zero-order valence-corrected chi connectivity index (χ0v) is 14.9. The van der Waals surface area contributed by atoms with Gasteiger partial charge in [-0.2, -0.15) is 10.2 Å². The van der Waals surface area contributed by atoms with Gasteiger partial charge in [-0.25, -0.2) is 8.42 Å². The largest absolute Gasteiger partial charge is 0.340 e. The second kappa shape index (κ2) is 6.47. The predicted octanol–water partition coefficient (Wildman–Crippen LogP) is 2.30. The Labute approximate surface area is 144 Å². The van der Waals surface area contributed by atoms with E-state index >= 15 is 0 Å². The van der Waals surface area contributed by atoms with Crippen LogP contribution in [0.15, 0.2) is 10.2 Å². The summed E-state index contributed by atoms with van der Waals surface area (Å²) in [6.45, 7) is 0.675. The van der Waals surface area contributed by atoms with Crippen molar-refractivity contribution in [3.8, 4) is 12.3 Å². The van der Waals surface area contributed by atoms with Gasteiger partial charge in [0.05, 0.1) is 10.5 Å². The maximum Gasteiger partial charge on any atom is 0.222 e. The molecule has 0 bridgehead atoms.